The Hall–Kier alpha value is 1.11. The molecule has 0 rings (SSSR count). The second-order valence-electron chi connectivity index (χ2n) is 0.491. The molecule has 6 heavy (non-hydrogen) atoms. The van der Waals surface area contributed by atoms with Gasteiger partial charge in [0.2, 0.25) is 0 Å². The average molecular weight is 144 g/mol. The molecule has 2 N–H and O–H groups in total. The fourth-order valence-electron chi connectivity index (χ4n) is 0. The summed E-state index contributed by atoms with van der Waals surface area (Å²) in [6.45, 7) is 0. The Morgan fingerprint density at radius 2 is 1.67 bits per heavy atom. The first-order chi connectivity index (χ1) is 2.00. The van der Waals surface area contributed by atoms with Crippen LogP contribution in [0.5, 0.6) is 0 Å². The molecule has 0 atom stereocenters. The maximum Gasteiger partial charge on any atom is 1.00 e. The van der Waals surface area contributed by atoms with E-state index in [0.717, 1.165) is 0 Å². The van der Waals surface area contributed by atoms with Gasteiger partial charge in [-0.25, -0.2) is 0 Å². The van der Waals surface area contributed by atoms with E-state index in [9.17, 15) is 0 Å². The Bertz CT molecular complexity index is 70.2. The molecule has 0 aromatic carbocycles. The molecular weight excluding hydrogens is 118 g/mol. The zero-order valence-corrected chi connectivity index (χ0v) is 6.05. The van der Waals surface area contributed by atoms with Gasteiger partial charge in [0.1, 0.15) is 0 Å². The number of rotatable bonds is 0. The molecular formula is H26NaO4P. The van der Waals surface area contributed by atoms with E-state index in [2.05, 4.69) is 0 Å². The molecule has 0 aliphatic rings. The van der Waals surface area contributed by atoms with E-state index in [4.69, 9.17) is 19.2 Å². The Kier molecular flexibility index (Phi) is 5.35. The largest absolute Gasteiger partial charge is 1.00 e. The minimum Gasteiger partial charge on any atom is -0.756 e. The van der Waals surface area contributed by atoms with Crippen molar-refractivity contribution in [2.45, 2.75) is 0 Å². The third kappa shape index (κ3) is 70.1. The van der Waals surface area contributed by atoms with Crippen molar-refractivity contribution in [1.82, 2.24) is 0 Å². The molecule has 0 fully saturated rings. The fourth-order valence-corrected chi connectivity index (χ4v) is 0. The van der Waals surface area contributed by atoms with E-state index in [1.54, 1.807) is 0 Å². The van der Waals surface area contributed by atoms with Crippen molar-refractivity contribution in [3.05, 3.63) is 0 Å². The second kappa shape index (κ2) is 3.16. The molecule has 0 aliphatic heterocycles. The Labute approximate surface area is 74.5 Å². The van der Waals surface area contributed by atoms with Gasteiger partial charge in [0, 0.05) is 17.1 Å². The molecule has 0 heterocycles. The summed E-state index contributed by atoms with van der Waals surface area (Å²) in [6, 6.07) is 0. The van der Waals surface area contributed by atoms with Crippen LogP contribution >= 0.6 is 7.82 Å². The second-order valence-corrected chi connectivity index (χ2v) is 1.47. The Morgan fingerprint density at radius 3 is 1.67 bits per heavy atom. The molecule has 0 saturated carbocycles. The van der Waals surface area contributed by atoms with E-state index >= 15 is 0 Å². The molecule has 0 aromatic heterocycles. The van der Waals surface area contributed by atoms with Crippen LogP contribution in [0, 0.1) is 0 Å². The molecule has 0 bridgehead atoms. The van der Waals surface area contributed by atoms with Gasteiger partial charge in [0.05, 0.1) is 0 Å². The third-order valence-electron chi connectivity index (χ3n) is 0. The predicted octanol–water partition coefficient (Wildman–Crippen LogP) is -1.60. The average Bonchev–Trinajstić information content (AvgIpc) is 0.722. The van der Waals surface area contributed by atoms with E-state index in [0.29, 0.717) is 0 Å². The van der Waals surface area contributed by atoms with Gasteiger partial charge in [0.25, 0.3) is 7.82 Å². The van der Waals surface area contributed by atoms with Crippen LogP contribution in [-0.4, -0.2) is 9.79 Å². The summed E-state index contributed by atoms with van der Waals surface area (Å²) in [4.78, 5) is 22.9. The van der Waals surface area contributed by atoms with Crippen molar-refractivity contribution in [3.63, 3.8) is 0 Å². The van der Waals surface area contributed by atoms with Gasteiger partial charge in [0.15, 0.2) is 0 Å². The van der Waals surface area contributed by atoms with Crippen molar-refractivity contribution >= 4 is 7.82 Å². The molecule has 0 radical (unpaired) electrons. The van der Waals surface area contributed by atoms with E-state index in [1.165, 1.54) is 0 Å². The molecule has 0 unspecified atom stereocenters. The number of hydrogen-bond acceptors (Lipinski definition) is 2. The zero-order valence-electron chi connectivity index (χ0n) is 3.16. The summed E-state index contributed by atoms with van der Waals surface area (Å²) in [5.74, 6) is 0. The normalized spacial score (nSPS) is 9.83. The van der Waals surface area contributed by atoms with Crippen LogP contribution < -0.4 is 34.5 Å². The molecule has 0 aromatic rings. The van der Waals surface area contributed by atoms with Crippen molar-refractivity contribution < 1.29 is 65.9 Å². The first kappa shape index (κ1) is 10.2. The summed E-state index contributed by atoms with van der Waals surface area (Å²) < 4.78 is 8.77. The van der Waals surface area contributed by atoms with Crippen molar-refractivity contribution in [2.75, 3.05) is 0 Å². The Morgan fingerprint density at radius 1 is 1.67 bits per heavy atom. The minimum absolute atomic E-state index is 0. The monoisotopic (exact) mass is 144 g/mol. The number of hydrogen-bond donors (Lipinski definition) is 2. The van der Waals surface area contributed by atoms with E-state index in [-0.39, 0.29) is 46.7 Å². The summed E-state index contributed by atoms with van der Waals surface area (Å²) in [7, 11) is -4.89. The maximum absolute atomic E-state index is 8.77. The molecule has 56 valence electrons. The molecule has 0 amide bonds. The third-order valence-corrected chi connectivity index (χ3v) is 0. The topological polar surface area (TPSA) is 80.6 Å². The van der Waals surface area contributed by atoms with Crippen LogP contribution in [0.3, 0.4) is 0 Å². The first-order valence-electron chi connectivity index (χ1n) is 0.765. The van der Waals surface area contributed by atoms with Gasteiger partial charge in [-0.05, 0) is 0 Å². The van der Waals surface area contributed by atoms with Gasteiger partial charge in [-0.2, -0.15) is 0 Å². The van der Waals surface area contributed by atoms with Crippen LogP contribution in [0.15, 0.2) is 0 Å². The SMILES string of the molecule is O=P([O-])(O)O.[HH].[HH].[HH].[HH].[HH].[HH].[HH].[HH].[HH].[HH].[HH].[HH].[Na+]. The van der Waals surface area contributed by atoms with Crippen molar-refractivity contribution in [1.29, 1.82) is 0 Å². The van der Waals surface area contributed by atoms with Crippen molar-refractivity contribution in [3.8, 4) is 0 Å². The van der Waals surface area contributed by atoms with E-state index < -0.39 is 7.82 Å². The molecule has 0 spiro atoms. The summed E-state index contributed by atoms with van der Waals surface area (Å²) in [5.41, 5.74) is 0. The van der Waals surface area contributed by atoms with Gasteiger partial charge < -0.3 is 14.7 Å². The van der Waals surface area contributed by atoms with Gasteiger partial charge in [-0.15, -0.1) is 0 Å². The standard InChI is InChI=1S/Na.H3O4P.12H2/c;1-5(2,3)4;;;;;;;;;;;;/h;(H3,1,2,3,4);12*1H/q+1;;;;;;;;;;;;;/p-1. The van der Waals surface area contributed by atoms with Gasteiger partial charge in [-0.1, -0.05) is 0 Å². The van der Waals surface area contributed by atoms with Gasteiger partial charge >= 0.3 is 29.6 Å². The van der Waals surface area contributed by atoms with Crippen LogP contribution in [0.4, 0.5) is 0 Å². The zero-order chi connectivity index (χ0) is 4.50. The van der Waals surface area contributed by atoms with Crippen molar-refractivity contribution in [2.24, 2.45) is 0 Å². The molecule has 0 aliphatic carbocycles. The molecule has 6 heteroatoms. The minimum atomic E-state index is -4.89. The van der Waals surface area contributed by atoms with Crippen LogP contribution in [0.2, 0.25) is 0 Å². The smallest absolute Gasteiger partial charge is 0.756 e. The predicted molar refractivity (Wildman–Crippen MR) is 37.4 cm³/mol. The van der Waals surface area contributed by atoms with Crippen LogP contribution in [0.25, 0.3) is 0 Å². The van der Waals surface area contributed by atoms with Crippen LogP contribution in [0.1, 0.15) is 17.1 Å². The summed E-state index contributed by atoms with van der Waals surface area (Å²) in [6.07, 6.45) is 0. The molecule has 0 saturated heterocycles. The quantitative estimate of drug-likeness (QED) is 0.317. The molecule has 4 nitrogen and oxygen atoms in total. The number of phosphoric acid groups is 1. The van der Waals surface area contributed by atoms with E-state index in [1.807, 2.05) is 0 Å². The Balaban J connectivity index is -0.00000000103. The van der Waals surface area contributed by atoms with Gasteiger partial charge in [-0.3, -0.25) is 4.57 Å². The maximum atomic E-state index is 8.77. The summed E-state index contributed by atoms with van der Waals surface area (Å²) >= 11 is 0. The summed E-state index contributed by atoms with van der Waals surface area (Å²) in [5, 5.41) is 0. The van der Waals surface area contributed by atoms with Crippen LogP contribution in [-0.2, 0) is 4.57 Å². The first-order valence-corrected chi connectivity index (χ1v) is 2.30. The fraction of sp³-hybridized carbons (Fsp3) is 0.